The fraction of sp³-hybridized carbons (Fsp3) is 0.284. The maximum absolute atomic E-state index is 8.31. The fourth-order valence-corrected chi connectivity index (χ4v) is 19.9. The highest BCUT2D eigenvalue weighted by atomic mass is 15.1. The quantitative estimate of drug-likeness (QED) is 0.101. The number of aromatic nitrogens is 6. The van der Waals surface area contributed by atoms with Gasteiger partial charge >= 0.3 is 41.1 Å². The van der Waals surface area contributed by atoms with Gasteiger partial charge in [-0.2, -0.15) is 0 Å². The highest BCUT2D eigenvalue weighted by Gasteiger charge is 2.42. The van der Waals surface area contributed by atoms with Crippen LogP contribution in [0.25, 0.3) is 36.5 Å². The Bertz CT molecular complexity index is 6410. The molecule has 8 aliphatic rings. The molecule has 2 aliphatic carbocycles. The average Bonchev–Trinajstić information content (AvgIpc) is 1.21. The van der Waals surface area contributed by atoms with Gasteiger partial charge in [0.25, 0.3) is 0 Å². The summed E-state index contributed by atoms with van der Waals surface area (Å²) >= 11 is 0. The summed E-state index contributed by atoms with van der Waals surface area (Å²) in [5.74, 6) is 1.05. The second-order valence-corrected chi connectivity index (χ2v) is 36.4. The molecule has 12 nitrogen and oxygen atoms in total. The molecule has 20 rings (SSSR count). The monoisotopic (exact) mass is 1680 g/mol. The van der Waals surface area contributed by atoms with Crippen molar-refractivity contribution >= 4 is 144 Å². The van der Waals surface area contributed by atoms with Gasteiger partial charge in [0, 0.05) is 75.3 Å². The van der Waals surface area contributed by atoms with Crippen LogP contribution in [0.5, 0.6) is 0 Å². The maximum Gasteiger partial charge on any atom is 0.403 e. The smallest absolute Gasteiger partial charge is 0.403 e. The Labute approximate surface area is 772 Å². The Balaban J connectivity index is 0.000000123. The molecule has 127 heavy (non-hydrogen) atoms. The second-order valence-electron chi connectivity index (χ2n) is 36.4. The third-order valence-corrected chi connectivity index (χ3v) is 27.1. The number of nitrogens with zero attached hydrogens (tertiary/aromatic N) is 12. The van der Waals surface area contributed by atoms with Crippen molar-refractivity contribution in [2.24, 2.45) is 48.2 Å². The fourth-order valence-electron chi connectivity index (χ4n) is 19.9. The Hall–Kier alpha value is -12.2. The molecule has 638 valence electrons. The Kier molecular flexibility index (Phi) is 25.8. The first kappa shape index (κ1) is 80.7. The van der Waals surface area contributed by atoms with Crippen molar-refractivity contribution in [2.75, 3.05) is 42.3 Å². The molecule has 0 radical (unpaired) electrons. The summed E-state index contributed by atoms with van der Waals surface area (Å²) in [6.07, 6.45) is 51.8. The molecule has 0 N–H and O–H groups in total. The zero-order valence-electron chi connectivity index (χ0n) is 84.7. The summed E-state index contributed by atoms with van der Waals surface area (Å²) in [6, 6.07) is 75.1. The van der Waals surface area contributed by atoms with Crippen molar-refractivity contribution < 1.29 is 37.0 Å². The van der Waals surface area contributed by atoms with Crippen molar-refractivity contribution in [1.29, 1.82) is 0 Å². The van der Waals surface area contributed by atoms with Gasteiger partial charge in [-0.05, 0) is 287 Å². The van der Waals surface area contributed by atoms with E-state index in [-0.39, 0.29) is 34.2 Å². The number of fused-ring (bicyclic) bond motifs is 6. The number of pyridine rings is 6. The lowest BCUT2D eigenvalue weighted by Crippen LogP contribution is -2.65. The van der Waals surface area contributed by atoms with Gasteiger partial charge in [0.15, 0.2) is 70.7 Å². The first-order valence-corrected chi connectivity index (χ1v) is 45.6. The van der Waals surface area contributed by atoms with Crippen LogP contribution in [0.2, 0.25) is 0 Å². The van der Waals surface area contributed by atoms with Crippen LogP contribution in [0.1, 0.15) is 165 Å². The Morgan fingerprint density at radius 1 is 0.331 bits per heavy atom. The molecule has 12 heterocycles. The van der Waals surface area contributed by atoms with E-state index < -0.39 is 19.6 Å². The average molecular weight is 1680 g/mol. The summed E-state index contributed by atoms with van der Waals surface area (Å²) in [5, 5.41) is 0. The van der Waals surface area contributed by atoms with E-state index >= 15 is 0 Å². The van der Waals surface area contributed by atoms with Gasteiger partial charge in [0.2, 0.25) is 0 Å². The van der Waals surface area contributed by atoms with Gasteiger partial charge < -0.3 is 28.9 Å². The van der Waals surface area contributed by atoms with Crippen LogP contribution in [0.4, 0.5) is 0 Å². The van der Waals surface area contributed by atoms with Crippen LogP contribution in [0.15, 0.2) is 287 Å². The third-order valence-electron chi connectivity index (χ3n) is 27.1. The van der Waals surface area contributed by atoms with Crippen molar-refractivity contribution in [3.8, 4) is 0 Å². The van der Waals surface area contributed by atoms with Gasteiger partial charge in [-0.3, -0.25) is 0 Å². The van der Waals surface area contributed by atoms with Gasteiger partial charge in [0.05, 0.1) is 0 Å². The largest absolute Gasteiger partial charge is 0.411 e. The summed E-state index contributed by atoms with van der Waals surface area (Å²) in [5.41, 5.74) is 30.0. The van der Waals surface area contributed by atoms with E-state index in [0.717, 1.165) is 34.1 Å². The minimum Gasteiger partial charge on any atom is -0.411 e. The van der Waals surface area contributed by atoms with Crippen molar-refractivity contribution in [3.05, 3.63) is 359 Å². The van der Waals surface area contributed by atoms with Crippen molar-refractivity contribution in [1.82, 2.24) is 28.9 Å². The van der Waals surface area contributed by atoms with Gasteiger partial charge in [-0.25, -0.2) is 27.4 Å². The lowest BCUT2D eigenvalue weighted by atomic mass is 9.49. The normalized spacial score (nSPS) is 16.3. The van der Waals surface area contributed by atoms with Crippen LogP contribution >= 0.6 is 0 Å². The zero-order chi connectivity index (χ0) is 95.0. The van der Waals surface area contributed by atoms with Crippen LogP contribution in [0, 0.1) is 33.5 Å². The molecule has 6 aromatic carbocycles. The lowest BCUT2D eigenvalue weighted by Gasteiger charge is -2.27. The van der Waals surface area contributed by atoms with Crippen LogP contribution in [-0.4, -0.2) is 112 Å². The van der Waals surface area contributed by atoms with Gasteiger partial charge in [0.1, 0.15) is 42.3 Å². The standard InChI is InChI=1S/C22H28BN2.C20H24BN2.C18H22BN2.C17H20BN2.2C16H18BN2/c1-24-14-12-19(16-18-8-4-3-5-9-18)17-22(24)23-21-11-7-6-10-20(21)13-15-25(23)2;1-22-13-11-18(16-7-3-4-8-16)15-20(22)21-19-10-6-5-9-17(19)12-14-23(21)2;1-14(2)16-9-11-20(3)18(13-16)19-17-8-6-5-7-15(17)10-12-21(19)4;1-13-11-17(19(3)12-14(13)2)18-16-8-6-5-7-15(16)9-10-20(18)4;1-13-8-10-18(2)16(12-13)17-15-7-5-4-6-14(15)9-11-19(17)3;1-13-8-9-16(18(2)12-13)17-15-7-5-4-6-14(15)10-11-19(17)3/h6-7,10-15,17-18H,3-5,8-9,16H2,1-2H3;5-6,9-16H,3-4,7-8H2,1-2H3;5-14H,1-4H3;5-12H,1-4H3;2*4-12H,1-3H3/q6*+1/i;;14D;2D3;;1D3. The molecule has 18 heteroatoms. The molecular weight excluding hydrogens is 1540 g/mol. The van der Waals surface area contributed by atoms with E-state index in [1.807, 2.05) is 101 Å². The SMILES string of the molecule is CN1C=Cc2ccccc2B1c1cc(C2CCCC2)cc[n+]1C.CN1C=Cc2ccccc2B1c1cc(CC2CCCCC2)cc[n+]1C.Cc1cc[n+](C)c(B2c3ccccc3C=CN2C)c1.[2H]C(C)(C)c1cc[n+](C)c(B2c3ccccc3C=CN2C)c1.[2H]C([2H])([2H])c1c[n+](C)c(B2c3ccccc3C=CN2C)cc1C.[2H]C([2H])([2H])c1ccc(B2c3ccccc3C=CN2C)[n+](C)c1. The summed E-state index contributed by atoms with van der Waals surface area (Å²) in [4.78, 5) is 13.5. The van der Waals surface area contributed by atoms with Crippen LogP contribution in [0.3, 0.4) is 0 Å². The molecule has 12 aromatic rings. The lowest BCUT2D eigenvalue weighted by molar-refractivity contribution is -0.654. The molecule has 6 aromatic heterocycles. The summed E-state index contributed by atoms with van der Waals surface area (Å²) in [6.45, 7) is 4.92. The molecule has 0 bridgehead atoms. The highest BCUT2D eigenvalue weighted by molar-refractivity contribution is 6.85. The predicted molar refractivity (Wildman–Crippen MR) is 540 cm³/mol. The van der Waals surface area contributed by atoms with E-state index in [1.165, 1.54) is 169 Å². The number of aryl methyl sites for hydroxylation is 10. The van der Waals surface area contributed by atoms with Crippen molar-refractivity contribution in [2.45, 2.75) is 117 Å². The molecule has 2 saturated carbocycles. The Morgan fingerprint density at radius 2 is 0.677 bits per heavy atom. The molecule has 0 atom stereocenters. The number of rotatable bonds is 10. The molecular formula is C109H130B6N12+6. The van der Waals surface area contributed by atoms with E-state index in [9.17, 15) is 0 Å². The van der Waals surface area contributed by atoms with Crippen LogP contribution in [-0.2, 0) is 48.7 Å². The number of hydrogen-bond donors (Lipinski definition) is 0. The molecule has 0 saturated heterocycles. The Morgan fingerprint density at radius 3 is 1.08 bits per heavy atom. The molecule has 6 aliphatic heterocycles. The molecule has 2 fully saturated rings. The van der Waals surface area contributed by atoms with Crippen molar-refractivity contribution in [3.63, 3.8) is 0 Å². The van der Waals surface area contributed by atoms with Gasteiger partial charge in [-0.15, -0.1) is 0 Å². The topological polar surface area (TPSA) is 42.7 Å². The minimum atomic E-state index is -2.09. The van der Waals surface area contributed by atoms with Gasteiger partial charge in [-0.1, -0.05) is 204 Å². The molecule has 0 spiro atoms. The van der Waals surface area contributed by atoms with E-state index in [0.29, 0.717) is 18.0 Å². The second kappa shape index (κ2) is 40.7. The molecule has 0 unspecified atom stereocenters. The first-order valence-electron chi connectivity index (χ1n) is 49.1. The van der Waals surface area contributed by atoms with Crippen LogP contribution < -0.4 is 93.7 Å². The van der Waals surface area contributed by atoms with E-state index in [1.54, 1.807) is 18.5 Å². The highest BCUT2D eigenvalue weighted by Crippen LogP contribution is 2.34. The number of hydrogen-bond acceptors (Lipinski definition) is 6. The molecule has 0 amide bonds. The maximum atomic E-state index is 8.31. The summed E-state index contributed by atoms with van der Waals surface area (Å²) < 4.78 is 66.8. The predicted octanol–water partition coefficient (Wildman–Crippen LogP) is 9.33. The zero-order valence-corrected chi connectivity index (χ0v) is 77.7. The minimum absolute atomic E-state index is 0.0746. The van der Waals surface area contributed by atoms with E-state index in [4.69, 9.17) is 9.60 Å². The number of benzene rings is 6. The van der Waals surface area contributed by atoms with E-state index in [2.05, 4.69) is 373 Å². The first-order chi connectivity index (χ1) is 64.2. The third kappa shape index (κ3) is 20.5. The summed E-state index contributed by atoms with van der Waals surface area (Å²) in [7, 11) is 25.0.